The molecule has 0 aromatic carbocycles. The van der Waals surface area contributed by atoms with Gasteiger partial charge in [0.15, 0.2) is 9.84 Å². The van der Waals surface area contributed by atoms with Crippen molar-refractivity contribution in [2.24, 2.45) is 11.8 Å². The van der Waals surface area contributed by atoms with E-state index in [2.05, 4.69) is 31.0 Å². The van der Waals surface area contributed by atoms with Gasteiger partial charge in [0.25, 0.3) is 0 Å². The van der Waals surface area contributed by atoms with E-state index in [0.717, 1.165) is 32.5 Å². The van der Waals surface area contributed by atoms with Crippen LogP contribution in [-0.4, -0.2) is 56.5 Å². The topological polar surface area (TPSA) is 49.4 Å². The molecule has 0 aliphatic carbocycles. The summed E-state index contributed by atoms with van der Waals surface area (Å²) in [5.41, 5.74) is 0. The molecule has 3 unspecified atom stereocenters. The van der Waals surface area contributed by atoms with Gasteiger partial charge < -0.3 is 5.32 Å². The van der Waals surface area contributed by atoms with Crippen LogP contribution in [0.4, 0.5) is 0 Å². The van der Waals surface area contributed by atoms with Crippen molar-refractivity contribution in [3.63, 3.8) is 0 Å². The van der Waals surface area contributed by atoms with Crippen LogP contribution in [0.1, 0.15) is 33.6 Å². The Balaban J connectivity index is 1.98. The predicted octanol–water partition coefficient (Wildman–Crippen LogP) is 1.13. The summed E-state index contributed by atoms with van der Waals surface area (Å²) in [7, 11) is -2.75. The van der Waals surface area contributed by atoms with Gasteiger partial charge in [0.1, 0.15) is 0 Å². The summed E-state index contributed by atoms with van der Waals surface area (Å²) in [6.07, 6.45) is 2.00. The lowest BCUT2D eigenvalue weighted by molar-refractivity contribution is 0.0839. The van der Waals surface area contributed by atoms with E-state index in [-0.39, 0.29) is 0 Å². The fourth-order valence-electron chi connectivity index (χ4n) is 3.39. The maximum absolute atomic E-state index is 11.6. The summed E-state index contributed by atoms with van der Waals surface area (Å²) in [5, 5.41) is 3.61. The van der Waals surface area contributed by atoms with Gasteiger partial charge in [-0.05, 0) is 24.7 Å². The molecule has 5 heteroatoms. The lowest BCUT2D eigenvalue weighted by Crippen LogP contribution is -2.58. The zero-order valence-corrected chi connectivity index (χ0v) is 13.2. The second kappa shape index (κ2) is 6.10. The molecule has 2 aliphatic rings. The van der Waals surface area contributed by atoms with E-state index in [1.807, 2.05) is 0 Å². The van der Waals surface area contributed by atoms with E-state index in [0.29, 0.717) is 35.4 Å². The van der Waals surface area contributed by atoms with Crippen LogP contribution in [0.2, 0.25) is 0 Å². The highest BCUT2D eigenvalue weighted by atomic mass is 32.2. The molecule has 0 spiro atoms. The first-order chi connectivity index (χ1) is 8.91. The van der Waals surface area contributed by atoms with Crippen molar-refractivity contribution in [1.82, 2.24) is 10.2 Å². The summed E-state index contributed by atoms with van der Waals surface area (Å²) in [6, 6.07) is 1.11. The fraction of sp³-hybridized carbons (Fsp3) is 1.00. The molecule has 0 saturated carbocycles. The molecule has 0 aromatic rings. The third-order valence-corrected chi connectivity index (χ3v) is 6.46. The zero-order chi connectivity index (χ0) is 14.0. The molecule has 0 radical (unpaired) electrons. The van der Waals surface area contributed by atoms with Crippen molar-refractivity contribution < 1.29 is 8.42 Å². The Labute approximate surface area is 117 Å². The highest BCUT2D eigenvalue weighted by molar-refractivity contribution is 7.91. The van der Waals surface area contributed by atoms with Gasteiger partial charge in [-0.3, -0.25) is 4.90 Å². The SMILES string of the molecule is CCC1CN(CC2CCS(=O)(=O)C2)C(C(C)C)CN1. The Morgan fingerprint density at radius 1 is 1.37 bits per heavy atom. The first-order valence-electron chi connectivity index (χ1n) is 7.59. The summed E-state index contributed by atoms with van der Waals surface area (Å²) in [4.78, 5) is 2.54. The van der Waals surface area contributed by atoms with E-state index < -0.39 is 9.84 Å². The van der Waals surface area contributed by atoms with Crippen molar-refractivity contribution in [3.8, 4) is 0 Å². The molecule has 2 rings (SSSR count). The van der Waals surface area contributed by atoms with Crippen molar-refractivity contribution in [2.45, 2.75) is 45.7 Å². The van der Waals surface area contributed by atoms with Crippen molar-refractivity contribution in [1.29, 1.82) is 0 Å². The second-order valence-corrected chi connectivity index (χ2v) is 8.78. The van der Waals surface area contributed by atoms with Gasteiger partial charge >= 0.3 is 0 Å². The van der Waals surface area contributed by atoms with Crippen LogP contribution in [0.25, 0.3) is 0 Å². The number of sulfone groups is 1. The third kappa shape index (κ3) is 3.92. The average Bonchev–Trinajstić information content (AvgIpc) is 2.68. The van der Waals surface area contributed by atoms with Gasteiger partial charge in [-0.15, -0.1) is 0 Å². The second-order valence-electron chi connectivity index (χ2n) is 6.55. The largest absolute Gasteiger partial charge is 0.311 e. The molecular weight excluding hydrogens is 260 g/mol. The molecule has 1 N–H and O–H groups in total. The van der Waals surface area contributed by atoms with Crippen LogP contribution in [0.5, 0.6) is 0 Å². The summed E-state index contributed by atoms with van der Waals surface area (Å²) in [6.45, 7) is 9.80. The highest BCUT2D eigenvalue weighted by Gasteiger charge is 2.34. The number of nitrogens with zero attached hydrogens (tertiary/aromatic N) is 1. The molecule has 112 valence electrons. The van der Waals surface area contributed by atoms with Gasteiger partial charge in [-0.25, -0.2) is 8.42 Å². The predicted molar refractivity (Wildman–Crippen MR) is 79.0 cm³/mol. The molecule has 4 nitrogen and oxygen atoms in total. The average molecular weight is 288 g/mol. The quantitative estimate of drug-likeness (QED) is 0.842. The van der Waals surface area contributed by atoms with Gasteiger partial charge in [-0.2, -0.15) is 0 Å². The first kappa shape index (κ1) is 15.3. The van der Waals surface area contributed by atoms with E-state index in [1.165, 1.54) is 0 Å². The van der Waals surface area contributed by atoms with Crippen LogP contribution >= 0.6 is 0 Å². The summed E-state index contributed by atoms with van der Waals surface area (Å²) >= 11 is 0. The minimum atomic E-state index is -2.75. The normalized spacial score (nSPS) is 35.9. The Kier molecular flexibility index (Phi) is 4.90. The molecule has 19 heavy (non-hydrogen) atoms. The fourth-order valence-corrected chi connectivity index (χ4v) is 5.24. The smallest absolute Gasteiger partial charge is 0.150 e. The monoisotopic (exact) mass is 288 g/mol. The maximum Gasteiger partial charge on any atom is 0.150 e. The van der Waals surface area contributed by atoms with Gasteiger partial charge in [-0.1, -0.05) is 20.8 Å². The maximum atomic E-state index is 11.6. The Morgan fingerprint density at radius 2 is 2.11 bits per heavy atom. The Morgan fingerprint density at radius 3 is 2.63 bits per heavy atom. The Bertz CT molecular complexity index is 394. The van der Waals surface area contributed by atoms with E-state index in [4.69, 9.17) is 0 Å². The van der Waals surface area contributed by atoms with E-state index in [9.17, 15) is 8.42 Å². The molecule has 2 saturated heterocycles. The number of piperazine rings is 1. The van der Waals surface area contributed by atoms with Crippen LogP contribution in [0, 0.1) is 11.8 Å². The van der Waals surface area contributed by atoms with Gasteiger partial charge in [0.2, 0.25) is 0 Å². The van der Waals surface area contributed by atoms with Crippen LogP contribution in [0.15, 0.2) is 0 Å². The van der Waals surface area contributed by atoms with Crippen LogP contribution in [-0.2, 0) is 9.84 Å². The third-order valence-electron chi connectivity index (χ3n) is 4.62. The van der Waals surface area contributed by atoms with Gasteiger partial charge in [0, 0.05) is 31.7 Å². The van der Waals surface area contributed by atoms with Crippen LogP contribution < -0.4 is 5.32 Å². The van der Waals surface area contributed by atoms with Crippen LogP contribution in [0.3, 0.4) is 0 Å². The van der Waals surface area contributed by atoms with E-state index in [1.54, 1.807) is 0 Å². The molecular formula is C14H28N2O2S. The molecule has 0 bridgehead atoms. The summed E-state index contributed by atoms with van der Waals surface area (Å²) < 4.78 is 23.2. The molecule has 3 atom stereocenters. The lowest BCUT2D eigenvalue weighted by Gasteiger charge is -2.43. The molecule has 2 fully saturated rings. The van der Waals surface area contributed by atoms with E-state index >= 15 is 0 Å². The highest BCUT2D eigenvalue weighted by Crippen LogP contribution is 2.23. The standard InChI is InChI=1S/C14H28N2O2S/c1-4-13-9-16(14(7-15-13)11(2)3)8-12-5-6-19(17,18)10-12/h11-15H,4-10H2,1-3H3. The number of rotatable bonds is 4. The minimum absolute atomic E-state index is 0.349. The number of nitrogens with one attached hydrogen (secondary N) is 1. The summed E-state index contributed by atoms with van der Waals surface area (Å²) in [5.74, 6) is 1.76. The zero-order valence-electron chi connectivity index (χ0n) is 12.4. The van der Waals surface area contributed by atoms with Crippen molar-refractivity contribution in [3.05, 3.63) is 0 Å². The number of hydrogen-bond acceptors (Lipinski definition) is 4. The molecule has 0 amide bonds. The first-order valence-corrected chi connectivity index (χ1v) is 9.41. The molecule has 2 aliphatic heterocycles. The molecule has 0 aromatic heterocycles. The van der Waals surface area contributed by atoms with Gasteiger partial charge in [0.05, 0.1) is 11.5 Å². The lowest BCUT2D eigenvalue weighted by atomic mass is 9.96. The molecule has 2 heterocycles. The Hall–Kier alpha value is -0.130. The minimum Gasteiger partial charge on any atom is -0.311 e. The van der Waals surface area contributed by atoms with Crippen molar-refractivity contribution in [2.75, 3.05) is 31.1 Å². The van der Waals surface area contributed by atoms with Crippen molar-refractivity contribution >= 4 is 9.84 Å². The number of hydrogen-bond donors (Lipinski definition) is 1.